The summed E-state index contributed by atoms with van der Waals surface area (Å²) in [7, 11) is -2.23. The lowest BCUT2D eigenvalue weighted by Gasteiger charge is -2.13. The molecule has 1 aromatic carbocycles. The number of rotatable bonds is 7. The van der Waals surface area contributed by atoms with E-state index in [-0.39, 0.29) is 17.2 Å². The van der Waals surface area contributed by atoms with Gasteiger partial charge in [-0.15, -0.1) is 0 Å². The van der Waals surface area contributed by atoms with E-state index in [1.54, 1.807) is 0 Å². The van der Waals surface area contributed by atoms with Gasteiger partial charge in [0.2, 0.25) is 10.0 Å². The first-order chi connectivity index (χ1) is 8.84. The van der Waals surface area contributed by atoms with Gasteiger partial charge in [0.1, 0.15) is 0 Å². The van der Waals surface area contributed by atoms with Crippen LogP contribution in [0.2, 0.25) is 0 Å². The third kappa shape index (κ3) is 5.03. The minimum absolute atomic E-state index is 0.0324. The molecule has 1 rings (SSSR count). The number of hydrogen-bond donors (Lipinski definition) is 4. The molecule has 108 valence electrons. The number of sulfonamides is 1. The van der Waals surface area contributed by atoms with Crippen LogP contribution < -0.4 is 16.2 Å². The fraction of sp³-hybridized carbons (Fsp3) is 0.455. The van der Waals surface area contributed by atoms with Crippen molar-refractivity contribution in [2.45, 2.75) is 17.4 Å². The van der Waals surface area contributed by atoms with Crippen LogP contribution in [0, 0.1) is 0 Å². The molecule has 0 radical (unpaired) electrons. The Hall–Kier alpha value is -1.35. The number of benzene rings is 1. The molecule has 1 atom stereocenters. The molecule has 0 spiro atoms. The molecule has 1 unspecified atom stereocenters. The minimum atomic E-state index is -3.75. The third-order valence-electron chi connectivity index (χ3n) is 2.50. The molecule has 0 aromatic heterocycles. The van der Waals surface area contributed by atoms with Gasteiger partial charge in [-0.05, 0) is 24.6 Å². The van der Waals surface area contributed by atoms with Crippen LogP contribution in [0.1, 0.15) is 6.42 Å². The molecule has 0 aliphatic heterocycles. The van der Waals surface area contributed by atoms with Gasteiger partial charge in [0.15, 0.2) is 0 Å². The number of aliphatic hydroxyl groups excluding tert-OH is 1. The molecule has 0 saturated heterocycles. The fourth-order valence-electron chi connectivity index (χ4n) is 1.53. The summed E-state index contributed by atoms with van der Waals surface area (Å²) in [5.41, 5.74) is 6.60. The summed E-state index contributed by atoms with van der Waals surface area (Å²) in [6.07, 6.45) is -0.0630. The summed E-state index contributed by atoms with van der Waals surface area (Å²) in [6, 6.07) is 4.21. The molecule has 8 heteroatoms. The Morgan fingerprint density at radius 2 is 2.16 bits per heavy atom. The van der Waals surface area contributed by atoms with Crippen LogP contribution in [0.3, 0.4) is 0 Å². The lowest BCUT2D eigenvalue weighted by molar-refractivity contribution is 0.0615. The van der Waals surface area contributed by atoms with E-state index in [9.17, 15) is 13.5 Å². The van der Waals surface area contributed by atoms with Gasteiger partial charge < -0.3 is 20.9 Å². The number of aliphatic hydroxyl groups is 1. The summed E-state index contributed by atoms with van der Waals surface area (Å²) in [6.45, 7) is 0.755. The summed E-state index contributed by atoms with van der Waals surface area (Å²) >= 11 is 0. The zero-order chi connectivity index (χ0) is 14.5. The van der Waals surface area contributed by atoms with Gasteiger partial charge >= 0.3 is 0 Å². The number of nitrogen functional groups attached to an aromatic ring is 1. The average Bonchev–Trinajstić information content (AvgIpc) is 2.30. The maximum absolute atomic E-state index is 11.1. The number of anilines is 2. The monoisotopic (exact) mass is 289 g/mol. The first-order valence-electron chi connectivity index (χ1n) is 5.68. The van der Waals surface area contributed by atoms with Gasteiger partial charge in [-0.2, -0.15) is 0 Å². The van der Waals surface area contributed by atoms with E-state index < -0.39 is 16.1 Å². The number of hydrogen-bond acceptors (Lipinski definition) is 6. The topological polar surface area (TPSA) is 128 Å². The Kier molecular flexibility index (Phi) is 5.55. The van der Waals surface area contributed by atoms with Gasteiger partial charge in [-0.1, -0.05) is 0 Å². The molecule has 0 heterocycles. The molecule has 1 aromatic rings. The molecule has 19 heavy (non-hydrogen) atoms. The smallest absolute Gasteiger partial charge is 0.238 e. The Morgan fingerprint density at radius 3 is 2.68 bits per heavy atom. The van der Waals surface area contributed by atoms with Crippen molar-refractivity contribution in [1.82, 2.24) is 0 Å². The highest BCUT2D eigenvalue weighted by Crippen LogP contribution is 2.21. The second kappa shape index (κ2) is 6.71. The highest BCUT2D eigenvalue weighted by Gasteiger charge is 2.10. The molecule has 0 saturated carbocycles. The second-order valence-electron chi connectivity index (χ2n) is 4.12. The second-order valence-corrected chi connectivity index (χ2v) is 5.68. The van der Waals surface area contributed by atoms with E-state index in [0.29, 0.717) is 18.7 Å². The van der Waals surface area contributed by atoms with Crippen molar-refractivity contribution in [1.29, 1.82) is 0 Å². The average molecular weight is 289 g/mol. The van der Waals surface area contributed by atoms with Crippen molar-refractivity contribution in [3.8, 4) is 0 Å². The van der Waals surface area contributed by atoms with Crippen molar-refractivity contribution in [2.24, 2.45) is 5.14 Å². The van der Waals surface area contributed by atoms with E-state index in [1.165, 1.54) is 25.3 Å². The van der Waals surface area contributed by atoms with E-state index in [2.05, 4.69) is 5.32 Å². The largest absolute Gasteiger partial charge is 0.397 e. The SMILES string of the molecule is COCC(O)CCNc1ccc(S(N)(=O)=O)cc1N. The highest BCUT2D eigenvalue weighted by molar-refractivity contribution is 7.89. The van der Waals surface area contributed by atoms with E-state index in [4.69, 9.17) is 15.6 Å². The lowest BCUT2D eigenvalue weighted by Crippen LogP contribution is -2.19. The minimum Gasteiger partial charge on any atom is -0.397 e. The maximum Gasteiger partial charge on any atom is 0.238 e. The Labute approximate surface area is 112 Å². The third-order valence-corrected chi connectivity index (χ3v) is 3.41. The molecule has 7 nitrogen and oxygen atoms in total. The van der Waals surface area contributed by atoms with Gasteiger partial charge in [0.05, 0.1) is 29.0 Å². The van der Waals surface area contributed by atoms with E-state index in [0.717, 1.165) is 0 Å². The van der Waals surface area contributed by atoms with Crippen molar-refractivity contribution < 1.29 is 18.3 Å². The Bertz CT molecular complexity index is 519. The van der Waals surface area contributed by atoms with Crippen molar-refractivity contribution in [2.75, 3.05) is 31.3 Å². The number of methoxy groups -OCH3 is 1. The van der Waals surface area contributed by atoms with Crippen molar-refractivity contribution in [3.63, 3.8) is 0 Å². The summed E-state index contributed by atoms with van der Waals surface area (Å²) < 4.78 is 27.1. The molecular weight excluding hydrogens is 270 g/mol. The van der Waals surface area contributed by atoms with Crippen molar-refractivity contribution >= 4 is 21.4 Å². The van der Waals surface area contributed by atoms with Crippen LogP contribution in [0.5, 0.6) is 0 Å². The highest BCUT2D eigenvalue weighted by atomic mass is 32.2. The van der Waals surface area contributed by atoms with Crippen LogP contribution in [0.25, 0.3) is 0 Å². The molecular formula is C11H19N3O4S. The molecule has 0 aliphatic carbocycles. The molecule has 0 fully saturated rings. The van der Waals surface area contributed by atoms with Crippen LogP contribution in [-0.4, -0.2) is 39.9 Å². The number of primary sulfonamides is 1. The normalized spacial score (nSPS) is 13.2. The molecule has 6 N–H and O–H groups in total. The maximum atomic E-state index is 11.1. The van der Waals surface area contributed by atoms with Crippen LogP contribution in [0.15, 0.2) is 23.1 Å². The first kappa shape index (κ1) is 15.7. The fourth-order valence-corrected chi connectivity index (χ4v) is 2.08. The number of nitrogens with two attached hydrogens (primary N) is 2. The number of nitrogens with one attached hydrogen (secondary N) is 1. The van der Waals surface area contributed by atoms with Gasteiger partial charge in [0, 0.05) is 13.7 Å². The lowest BCUT2D eigenvalue weighted by atomic mass is 10.2. The summed E-state index contributed by atoms with van der Waals surface area (Å²) in [5, 5.41) is 17.5. The van der Waals surface area contributed by atoms with Gasteiger partial charge in [-0.3, -0.25) is 0 Å². The Morgan fingerprint density at radius 1 is 1.47 bits per heavy atom. The summed E-state index contributed by atoms with van der Waals surface area (Å²) in [4.78, 5) is -0.0324. The van der Waals surface area contributed by atoms with Crippen LogP contribution >= 0.6 is 0 Å². The predicted octanol–water partition coefficient (Wildman–Crippen LogP) is -0.274. The first-order valence-corrected chi connectivity index (χ1v) is 7.22. The van der Waals surface area contributed by atoms with Crippen LogP contribution in [0.4, 0.5) is 11.4 Å². The molecule has 0 aliphatic rings. The Balaban J connectivity index is 2.61. The molecule has 0 amide bonds. The van der Waals surface area contributed by atoms with Gasteiger partial charge in [-0.25, -0.2) is 13.6 Å². The predicted molar refractivity (Wildman–Crippen MR) is 73.2 cm³/mol. The van der Waals surface area contributed by atoms with E-state index >= 15 is 0 Å². The quantitative estimate of drug-likeness (QED) is 0.511. The zero-order valence-electron chi connectivity index (χ0n) is 10.7. The van der Waals surface area contributed by atoms with E-state index in [1.807, 2.05) is 0 Å². The number of ether oxygens (including phenoxy) is 1. The summed E-state index contributed by atoms with van der Waals surface area (Å²) in [5.74, 6) is 0. The molecule has 0 bridgehead atoms. The van der Waals surface area contributed by atoms with Crippen molar-refractivity contribution in [3.05, 3.63) is 18.2 Å². The zero-order valence-corrected chi connectivity index (χ0v) is 11.5. The standard InChI is InChI=1S/C11H19N3O4S/c1-18-7-8(15)4-5-14-11-3-2-9(6-10(11)12)19(13,16)17/h2-3,6,8,14-15H,4-5,7,12H2,1H3,(H2,13,16,17). The van der Waals surface area contributed by atoms with Gasteiger partial charge in [0.25, 0.3) is 0 Å². The van der Waals surface area contributed by atoms with Crippen LogP contribution in [-0.2, 0) is 14.8 Å².